The summed E-state index contributed by atoms with van der Waals surface area (Å²) in [6.07, 6.45) is -12.4. The van der Waals surface area contributed by atoms with Crippen LogP contribution in [0.1, 0.15) is 263 Å². The SMILES string of the molecule is CCCCCCCCCC(=O)O[C@@H]1[C@@H](OC(C)=O)[C@@H](OC(C)=O)[C@H](O[C@@H]2[C@@H](OC(=O)CCCCCCC)[C@@H](OC(C)=O)[C@H](O[C@@H]3[C@H]4OC(=O)CCCCCCCCC[C@H](CCCCC)O[C@@H]5O[C@H](COC(C)=O)[C@@H](OC(C)=O)[C@H](OC(C)=O)[C@H]5O[C@H](O[C@H]3C)[C@@H]4OC(C)=O)O[C@H]2C)O[C@H]1C. The van der Waals surface area contributed by atoms with Crippen LogP contribution in [-0.2, 0) is 133 Å². The Kier molecular flexibility index (Phi) is 38.1. The fraction of sp³-hybridized carbons (Fsp3) is 0.861. The molecule has 5 aliphatic rings. The molecule has 0 amide bonds. The van der Waals surface area contributed by atoms with Crippen LogP contribution in [0.3, 0.4) is 0 Å². The van der Waals surface area contributed by atoms with E-state index in [2.05, 4.69) is 20.8 Å². The Balaban J connectivity index is 1.63. The number of hydrogen-bond acceptors (Lipinski definition) is 28. The van der Waals surface area contributed by atoms with Gasteiger partial charge in [-0.3, -0.25) is 47.9 Å². The molecule has 0 radical (unpaired) electrons. The van der Waals surface area contributed by atoms with Crippen molar-refractivity contribution in [3.05, 3.63) is 0 Å². The molecule has 28 nitrogen and oxygen atoms in total. The molecule has 0 saturated carbocycles. The van der Waals surface area contributed by atoms with Crippen LogP contribution < -0.4 is 0 Å². The monoisotopic (exact) mass is 1430 g/mol. The van der Waals surface area contributed by atoms with Gasteiger partial charge in [0.2, 0.25) is 0 Å². The van der Waals surface area contributed by atoms with Crippen LogP contribution >= 0.6 is 0 Å². The first kappa shape index (κ1) is 85.0. The lowest BCUT2D eigenvalue weighted by Crippen LogP contribution is -2.68. The molecule has 0 N–H and O–H groups in total. The van der Waals surface area contributed by atoms with Crippen LogP contribution in [0.5, 0.6) is 0 Å². The Morgan fingerprint density at radius 1 is 0.370 bits per heavy atom. The van der Waals surface area contributed by atoms with Crippen molar-refractivity contribution >= 4 is 59.7 Å². The molecule has 0 spiro atoms. The molecular formula is C72H116O28. The van der Waals surface area contributed by atoms with Gasteiger partial charge in [0.1, 0.15) is 24.9 Å². The van der Waals surface area contributed by atoms with Crippen molar-refractivity contribution in [3.8, 4) is 0 Å². The van der Waals surface area contributed by atoms with Gasteiger partial charge in [0, 0.05) is 67.7 Å². The average Bonchev–Trinajstić information content (AvgIpc) is 0.775. The van der Waals surface area contributed by atoms with E-state index in [1.54, 1.807) is 6.92 Å². The second kappa shape index (κ2) is 44.8. The van der Waals surface area contributed by atoms with Crippen LogP contribution in [-0.4, -0.2) is 195 Å². The highest BCUT2D eigenvalue weighted by Crippen LogP contribution is 2.41. The molecule has 5 heterocycles. The molecule has 0 aromatic heterocycles. The zero-order chi connectivity index (χ0) is 73.4. The first-order valence-corrected chi connectivity index (χ1v) is 36.7. The van der Waals surface area contributed by atoms with Crippen molar-refractivity contribution in [1.82, 2.24) is 0 Å². The minimum absolute atomic E-state index is 0.0451. The van der Waals surface area contributed by atoms with Crippen molar-refractivity contribution < 1.29 is 133 Å². The van der Waals surface area contributed by atoms with Crippen molar-refractivity contribution in [3.63, 3.8) is 0 Å². The summed E-state index contributed by atoms with van der Waals surface area (Å²) >= 11 is 0. The molecule has 572 valence electrons. The third kappa shape index (κ3) is 28.5. The highest BCUT2D eigenvalue weighted by Gasteiger charge is 2.61. The summed E-state index contributed by atoms with van der Waals surface area (Å²) < 4.78 is 114. The van der Waals surface area contributed by atoms with E-state index in [1.807, 2.05) is 0 Å². The maximum Gasteiger partial charge on any atom is 0.306 e. The summed E-state index contributed by atoms with van der Waals surface area (Å²) in [7, 11) is 0. The number of fused-ring (bicyclic) bond motifs is 3. The Morgan fingerprint density at radius 2 is 0.800 bits per heavy atom. The molecule has 0 unspecified atom stereocenters. The van der Waals surface area contributed by atoms with E-state index in [-0.39, 0.29) is 19.3 Å². The Labute approximate surface area is 589 Å². The summed E-state index contributed by atoms with van der Waals surface area (Å²) in [6, 6.07) is 0. The normalized spacial score (nSPS) is 32.2. The number of ether oxygens (including phenoxy) is 18. The van der Waals surface area contributed by atoms with Gasteiger partial charge in [-0.15, -0.1) is 0 Å². The van der Waals surface area contributed by atoms with Crippen molar-refractivity contribution in [1.29, 1.82) is 0 Å². The third-order valence-corrected chi connectivity index (χ3v) is 18.0. The van der Waals surface area contributed by atoms with E-state index in [0.29, 0.717) is 44.9 Å². The summed E-state index contributed by atoms with van der Waals surface area (Å²) in [5, 5.41) is 0. The molecule has 5 aliphatic heterocycles. The van der Waals surface area contributed by atoms with Crippen LogP contribution in [0.2, 0.25) is 0 Å². The lowest BCUT2D eigenvalue weighted by Gasteiger charge is -2.51. The highest BCUT2D eigenvalue weighted by molar-refractivity contribution is 5.72. The number of unbranched alkanes of at least 4 members (excludes halogenated alkanes) is 12. The second-order valence-corrected chi connectivity index (χ2v) is 26.9. The average molecular weight is 1430 g/mol. The molecule has 5 rings (SSSR count). The van der Waals surface area contributed by atoms with Gasteiger partial charge in [0.05, 0.1) is 24.4 Å². The fourth-order valence-electron chi connectivity index (χ4n) is 13.3. The Hall–Kier alpha value is -5.62. The van der Waals surface area contributed by atoms with Gasteiger partial charge >= 0.3 is 59.7 Å². The Morgan fingerprint density at radius 3 is 1.34 bits per heavy atom. The quantitative estimate of drug-likeness (QED) is 0.0343. The number of carbonyl (C=O) groups is 10. The van der Waals surface area contributed by atoms with E-state index >= 15 is 0 Å². The van der Waals surface area contributed by atoms with Gasteiger partial charge in [0.15, 0.2) is 86.2 Å². The van der Waals surface area contributed by atoms with Crippen molar-refractivity contribution in [2.45, 2.75) is 392 Å². The first-order valence-electron chi connectivity index (χ1n) is 36.7. The molecule has 2 bridgehead atoms. The smallest absolute Gasteiger partial charge is 0.306 e. The Bertz CT molecular complexity index is 2550. The van der Waals surface area contributed by atoms with E-state index in [9.17, 15) is 47.9 Å². The van der Waals surface area contributed by atoms with Gasteiger partial charge < -0.3 is 85.3 Å². The van der Waals surface area contributed by atoms with Crippen LogP contribution in [0.15, 0.2) is 0 Å². The summed E-state index contributed by atoms with van der Waals surface area (Å²) in [4.78, 5) is 134. The lowest BCUT2D eigenvalue weighted by atomic mass is 9.95. The fourth-order valence-corrected chi connectivity index (χ4v) is 13.3. The van der Waals surface area contributed by atoms with E-state index in [1.165, 1.54) is 20.8 Å². The van der Waals surface area contributed by atoms with Crippen LogP contribution in [0, 0.1) is 0 Å². The van der Waals surface area contributed by atoms with Gasteiger partial charge in [-0.1, -0.05) is 143 Å². The number of hydrogen-bond donors (Lipinski definition) is 0. The van der Waals surface area contributed by atoms with Crippen molar-refractivity contribution in [2.24, 2.45) is 0 Å². The third-order valence-electron chi connectivity index (χ3n) is 18.0. The minimum Gasteiger partial charge on any atom is -0.463 e. The maximum atomic E-state index is 14.5. The number of rotatable bonds is 32. The molecule has 28 heteroatoms. The van der Waals surface area contributed by atoms with Gasteiger partial charge in [-0.25, -0.2) is 0 Å². The first-order chi connectivity index (χ1) is 47.7. The molecular weight excluding hydrogens is 1310 g/mol. The van der Waals surface area contributed by atoms with E-state index in [4.69, 9.17) is 85.3 Å². The van der Waals surface area contributed by atoms with Crippen LogP contribution in [0.4, 0.5) is 0 Å². The van der Waals surface area contributed by atoms with Gasteiger partial charge in [-0.05, 0) is 52.9 Å². The van der Waals surface area contributed by atoms with E-state index in [0.717, 1.165) is 151 Å². The summed E-state index contributed by atoms with van der Waals surface area (Å²) in [6.45, 7) is 18.2. The molecule has 100 heavy (non-hydrogen) atoms. The summed E-state index contributed by atoms with van der Waals surface area (Å²) in [5.41, 5.74) is 0. The molecule has 21 atom stereocenters. The van der Waals surface area contributed by atoms with Crippen molar-refractivity contribution in [2.75, 3.05) is 6.61 Å². The molecule has 0 aromatic rings. The topological polar surface area (TPSA) is 337 Å². The highest BCUT2D eigenvalue weighted by atomic mass is 16.8. The minimum atomic E-state index is -1.80. The number of carbonyl (C=O) groups excluding carboxylic acids is 10. The molecule has 5 fully saturated rings. The standard InChI is InChI=1S/C72H116O28/c1-14-17-20-22-24-29-34-38-54(80)95-57-42(4)84-69(65(90-49(11)77)61(57)88-47(9)75)98-58-43(5)85-70(66(91-50(12)78)62(58)96-55(81)39-33-27-21-18-15-2)99-59-44(6)86-71-67(92-51(13)79)63(59)97-56(82)40-35-30-26-23-25-28-32-37-52(36-31-19-16-3)93-72-68(100-71)64(89-48(10)76)60(87-46(8)74)53(94-72)41-83-45(7)73/h42-44,52-53,57-72H,14-41H2,1-13H3/t42-,43-,44-,52-,53+,57-,58-,59-,60+,61+,62+,63+,64-,65+,66+,67+,68+,69-,70-,71-,72+/m0/s1. The van der Waals surface area contributed by atoms with Gasteiger partial charge in [-0.2, -0.15) is 0 Å². The molecule has 0 aliphatic carbocycles. The second-order valence-electron chi connectivity index (χ2n) is 26.9. The zero-order valence-electron chi connectivity index (χ0n) is 61.4. The largest absolute Gasteiger partial charge is 0.463 e. The van der Waals surface area contributed by atoms with Crippen LogP contribution in [0.25, 0.3) is 0 Å². The van der Waals surface area contributed by atoms with E-state index < -0.39 is 195 Å². The lowest BCUT2D eigenvalue weighted by molar-refractivity contribution is -0.389. The summed E-state index contributed by atoms with van der Waals surface area (Å²) in [5.74, 6) is -8.03. The maximum absolute atomic E-state index is 14.5. The molecule has 0 aromatic carbocycles. The predicted molar refractivity (Wildman–Crippen MR) is 352 cm³/mol. The van der Waals surface area contributed by atoms with Gasteiger partial charge in [0.25, 0.3) is 0 Å². The molecule has 5 saturated heterocycles. The predicted octanol–water partition coefficient (Wildman–Crippen LogP) is 9.98. The zero-order valence-corrected chi connectivity index (χ0v) is 61.4. The number of esters is 10.